The van der Waals surface area contributed by atoms with Crippen molar-refractivity contribution in [2.75, 3.05) is 13.7 Å². The number of nitrogens with one attached hydrogen (secondary N) is 1. The predicted octanol–water partition coefficient (Wildman–Crippen LogP) is 5.16. The summed E-state index contributed by atoms with van der Waals surface area (Å²) in [4.78, 5) is 4.87. The predicted molar refractivity (Wildman–Crippen MR) is 118 cm³/mol. The van der Waals surface area contributed by atoms with Gasteiger partial charge < -0.3 is 14.6 Å². The Morgan fingerprint density at radius 1 is 1.10 bits per heavy atom. The van der Waals surface area contributed by atoms with Gasteiger partial charge in [0.05, 0.1) is 13.7 Å². The second-order valence-electron chi connectivity index (χ2n) is 7.32. The number of para-hydroxylation sites is 1. The molecule has 0 unspecified atom stereocenters. The summed E-state index contributed by atoms with van der Waals surface area (Å²) in [6.45, 7) is 2.33. The SMILES string of the molecule is CCOc1cccc([C@@H]2CC(c3cccc(OC)c3)=N[C@H](c3cccc(F)c3)N2)c1O. The molecule has 3 aromatic carbocycles. The first-order valence-electron chi connectivity index (χ1n) is 10.3. The van der Waals surface area contributed by atoms with Crippen LogP contribution in [0.4, 0.5) is 4.39 Å². The second kappa shape index (κ2) is 9.18. The van der Waals surface area contributed by atoms with Gasteiger partial charge in [0, 0.05) is 23.7 Å². The molecule has 0 bridgehead atoms. The highest BCUT2D eigenvalue weighted by atomic mass is 19.1. The average molecular weight is 420 g/mol. The number of benzene rings is 3. The molecule has 2 N–H and O–H groups in total. The minimum absolute atomic E-state index is 0.103. The van der Waals surface area contributed by atoms with E-state index in [9.17, 15) is 9.50 Å². The van der Waals surface area contributed by atoms with Crippen molar-refractivity contribution in [1.82, 2.24) is 5.32 Å². The van der Waals surface area contributed by atoms with E-state index in [1.807, 2.05) is 49.4 Å². The Balaban J connectivity index is 1.77. The fraction of sp³-hybridized carbons (Fsp3) is 0.240. The average Bonchev–Trinajstić information content (AvgIpc) is 2.80. The lowest BCUT2D eigenvalue weighted by Crippen LogP contribution is -2.33. The summed E-state index contributed by atoms with van der Waals surface area (Å²) in [5.41, 5.74) is 3.19. The highest BCUT2D eigenvalue weighted by Gasteiger charge is 2.28. The summed E-state index contributed by atoms with van der Waals surface area (Å²) in [7, 11) is 1.62. The van der Waals surface area contributed by atoms with Gasteiger partial charge in [-0.05, 0) is 48.4 Å². The Morgan fingerprint density at radius 3 is 2.68 bits per heavy atom. The zero-order chi connectivity index (χ0) is 21.8. The third-order valence-electron chi connectivity index (χ3n) is 5.31. The van der Waals surface area contributed by atoms with Gasteiger partial charge in [-0.1, -0.05) is 36.4 Å². The van der Waals surface area contributed by atoms with Gasteiger partial charge >= 0.3 is 0 Å². The highest BCUT2D eigenvalue weighted by molar-refractivity contribution is 6.02. The summed E-state index contributed by atoms with van der Waals surface area (Å²) in [5, 5.41) is 14.3. The van der Waals surface area contributed by atoms with Crippen molar-refractivity contribution < 1.29 is 19.0 Å². The van der Waals surface area contributed by atoms with Crippen molar-refractivity contribution in [1.29, 1.82) is 0 Å². The lowest BCUT2D eigenvalue weighted by atomic mass is 9.93. The first-order valence-corrected chi connectivity index (χ1v) is 10.3. The van der Waals surface area contributed by atoms with E-state index in [0.29, 0.717) is 29.9 Å². The van der Waals surface area contributed by atoms with E-state index in [2.05, 4.69) is 5.32 Å². The Bertz CT molecular complexity index is 1100. The molecule has 0 fully saturated rings. The molecule has 2 atom stereocenters. The van der Waals surface area contributed by atoms with E-state index < -0.39 is 6.17 Å². The standard InChI is InChI=1S/C25H25FN2O3/c1-3-31-23-12-6-11-20(24(23)29)22-15-21(16-7-5-10-19(14-16)30-2)27-25(28-22)17-8-4-9-18(26)13-17/h4-14,22,25,28-29H,3,15H2,1-2H3/t22-,25-/m0/s1. The number of methoxy groups -OCH3 is 1. The van der Waals surface area contributed by atoms with Crippen LogP contribution in [-0.4, -0.2) is 24.5 Å². The maximum atomic E-state index is 13.9. The van der Waals surface area contributed by atoms with Crippen LogP contribution >= 0.6 is 0 Å². The van der Waals surface area contributed by atoms with Crippen LogP contribution in [0.25, 0.3) is 0 Å². The normalized spacial score (nSPS) is 18.4. The lowest BCUT2D eigenvalue weighted by molar-refractivity contribution is 0.313. The molecule has 31 heavy (non-hydrogen) atoms. The number of aliphatic imine (C=N–C) groups is 1. The number of halogens is 1. The molecule has 0 saturated heterocycles. The molecule has 0 radical (unpaired) electrons. The molecule has 0 aromatic heterocycles. The van der Waals surface area contributed by atoms with E-state index in [0.717, 1.165) is 17.0 Å². The summed E-state index contributed by atoms with van der Waals surface area (Å²) in [5.74, 6) is 0.959. The fourth-order valence-corrected chi connectivity index (χ4v) is 3.82. The minimum Gasteiger partial charge on any atom is -0.504 e. The quantitative estimate of drug-likeness (QED) is 0.578. The van der Waals surface area contributed by atoms with E-state index in [1.54, 1.807) is 19.2 Å². The van der Waals surface area contributed by atoms with E-state index in [4.69, 9.17) is 14.5 Å². The van der Waals surface area contributed by atoms with Crippen LogP contribution in [0, 0.1) is 5.82 Å². The number of ether oxygens (including phenoxy) is 2. The number of hydrogen-bond acceptors (Lipinski definition) is 5. The van der Waals surface area contributed by atoms with Gasteiger partial charge in [-0.25, -0.2) is 4.39 Å². The van der Waals surface area contributed by atoms with Gasteiger partial charge in [0.25, 0.3) is 0 Å². The first-order chi connectivity index (χ1) is 15.1. The molecule has 0 saturated carbocycles. The van der Waals surface area contributed by atoms with E-state index >= 15 is 0 Å². The maximum absolute atomic E-state index is 13.9. The molecule has 1 aliphatic rings. The molecule has 4 rings (SSSR count). The molecule has 0 spiro atoms. The zero-order valence-electron chi connectivity index (χ0n) is 17.5. The summed E-state index contributed by atoms with van der Waals surface area (Å²) in [6, 6.07) is 19.3. The largest absolute Gasteiger partial charge is 0.504 e. The Labute approximate surface area is 181 Å². The van der Waals surface area contributed by atoms with Crippen LogP contribution in [-0.2, 0) is 0 Å². The van der Waals surface area contributed by atoms with Crippen LogP contribution in [0.2, 0.25) is 0 Å². The number of phenolic OH excluding ortho intramolecular Hbond substituents is 1. The summed E-state index contributed by atoms with van der Waals surface area (Å²) >= 11 is 0. The Hall–Kier alpha value is -3.38. The topological polar surface area (TPSA) is 63.1 Å². The lowest BCUT2D eigenvalue weighted by Gasteiger charge is -2.31. The molecule has 0 amide bonds. The zero-order valence-corrected chi connectivity index (χ0v) is 17.5. The molecule has 0 aliphatic carbocycles. The van der Waals surface area contributed by atoms with E-state index in [-0.39, 0.29) is 17.6 Å². The Morgan fingerprint density at radius 2 is 1.90 bits per heavy atom. The molecular formula is C25H25FN2O3. The molecule has 160 valence electrons. The van der Waals surface area contributed by atoms with E-state index in [1.165, 1.54) is 12.1 Å². The van der Waals surface area contributed by atoms with Crippen molar-refractivity contribution in [2.24, 2.45) is 4.99 Å². The third-order valence-corrected chi connectivity index (χ3v) is 5.31. The van der Waals surface area contributed by atoms with Crippen LogP contribution < -0.4 is 14.8 Å². The van der Waals surface area contributed by atoms with Crippen molar-refractivity contribution in [2.45, 2.75) is 25.6 Å². The van der Waals surface area contributed by atoms with Crippen molar-refractivity contribution in [3.05, 3.63) is 89.2 Å². The minimum atomic E-state index is -0.467. The number of rotatable bonds is 6. The molecule has 1 aliphatic heterocycles. The summed E-state index contributed by atoms with van der Waals surface area (Å²) < 4.78 is 24.8. The van der Waals surface area contributed by atoms with Gasteiger partial charge in [-0.2, -0.15) is 0 Å². The van der Waals surface area contributed by atoms with Gasteiger partial charge in [0.15, 0.2) is 11.5 Å². The molecule has 5 nitrogen and oxygen atoms in total. The number of aromatic hydroxyl groups is 1. The van der Waals surface area contributed by atoms with Crippen molar-refractivity contribution in [3.8, 4) is 17.2 Å². The monoisotopic (exact) mass is 420 g/mol. The van der Waals surface area contributed by atoms with Crippen LogP contribution in [0.5, 0.6) is 17.2 Å². The molecule has 3 aromatic rings. The first kappa shape index (κ1) is 20.9. The fourth-order valence-electron chi connectivity index (χ4n) is 3.82. The van der Waals surface area contributed by atoms with Gasteiger partial charge in [0.2, 0.25) is 0 Å². The second-order valence-corrected chi connectivity index (χ2v) is 7.32. The Kier molecular flexibility index (Phi) is 6.18. The molecular weight excluding hydrogens is 395 g/mol. The number of phenols is 1. The van der Waals surface area contributed by atoms with Crippen molar-refractivity contribution in [3.63, 3.8) is 0 Å². The smallest absolute Gasteiger partial charge is 0.162 e. The van der Waals surface area contributed by atoms with Crippen LogP contribution in [0.3, 0.4) is 0 Å². The van der Waals surface area contributed by atoms with Crippen molar-refractivity contribution >= 4 is 5.71 Å². The van der Waals surface area contributed by atoms with Crippen LogP contribution in [0.1, 0.15) is 42.2 Å². The molecule has 1 heterocycles. The maximum Gasteiger partial charge on any atom is 0.162 e. The highest BCUT2D eigenvalue weighted by Crippen LogP contribution is 2.39. The summed E-state index contributed by atoms with van der Waals surface area (Å²) in [6.07, 6.45) is 0.0769. The van der Waals surface area contributed by atoms with Crippen LogP contribution in [0.15, 0.2) is 71.7 Å². The number of nitrogens with zero attached hydrogens (tertiary/aromatic N) is 1. The van der Waals surface area contributed by atoms with Gasteiger partial charge in [-0.3, -0.25) is 10.3 Å². The molecule has 6 heteroatoms. The number of hydrogen-bond donors (Lipinski definition) is 2. The van der Waals surface area contributed by atoms with Gasteiger partial charge in [0.1, 0.15) is 17.7 Å². The third kappa shape index (κ3) is 4.54. The van der Waals surface area contributed by atoms with Gasteiger partial charge in [-0.15, -0.1) is 0 Å².